The predicted octanol–water partition coefficient (Wildman–Crippen LogP) is 4.06. The summed E-state index contributed by atoms with van der Waals surface area (Å²) in [5, 5.41) is 10.2. The van der Waals surface area contributed by atoms with Crippen LogP contribution in [0, 0.1) is 0 Å². The number of aryl methyl sites for hydroxylation is 1. The van der Waals surface area contributed by atoms with Crippen molar-refractivity contribution in [3.63, 3.8) is 0 Å². The van der Waals surface area contributed by atoms with E-state index in [1.165, 1.54) is 141 Å². The second-order valence-corrected chi connectivity index (χ2v) is 13.4. The van der Waals surface area contributed by atoms with Crippen LogP contribution in [0.5, 0.6) is 0 Å². The molecule has 0 aliphatic heterocycles. The number of carboxylic acid groups (broad SMARTS) is 1. The topological polar surface area (TPSA) is 97.3 Å². The molecule has 1 rings (SSSR count). The fourth-order valence-corrected chi connectivity index (χ4v) is 6.13. The summed E-state index contributed by atoms with van der Waals surface area (Å²) in [6.45, 7) is 4.50. The molecule has 0 aliphatic carbocycles. The minimum Gasteiger partial charge on any atom is -0.744 e. The van der Waals surface area contributed by atoms with Crippen molar-refractivity contribution in [3.8, 4) is 0 Å². The summed E-state index contributed by atoms with van der Waals surface area (Å²) < 4.78 is 33.5. The first kappa shape index (κ1) is 49.0. The minimum atomic E-state index is -4.35. The molecule has 0 spiro atoms. The summed E-state index contributed by atoms with van der Waals surface area (Å²) in [6, 6.07) is 6.56. The van der Waals surface area contributed by atoms with E-state index in [4.69, 9.17) is 0 Å². The molecule has 246 valence electrons. The second kappa shape index (κ2) is 36.4. The van der Waals surface area contributed by atoms with Gasteiger partial charge >= 0.3 is 59.1 Å². The maximum absolute atomic E-state index is 11.2. The van der Waals surface area contributed by atoms with Crippen molar-refractivity contribution < 1.29 is 82.0 Å². The molecule has 0 N–H and O–H groups in total. The van der Waals surface area contributed by atoms with Gasteiger partial charge in [0.25, 0.3) is 0 Å². The molecule has 0 saturated carbocycles. The van der Waals surface area contributed by atoms with Gasteiger partial charge in [-0.05, 0) is 37.3 Å². The summed E-state index contributed by atoms with van der Waals surface area (Å²) in [5.41, 5.74) is 0.664. The Balaban J connectivity index is -0.000000735. The van der Waals surface area contributed by atoms with Crippen LogP contribution in [-0.2, 0) is 21.3 Å². The average molecular weight is 655 g/mol. The number of carboxylic acids is 1. The molecule has 0 amide bonds. The maximum atomic E-state index is 11.2. The first-order valence-corrected chi connectivity index (χ1v) is 19.0. The number of hydrogen-bond donors (Lipinski definition) is 0. The molecule has 5 nitrogen and oxygen atoms in total. The van der Waals surface area contributed by atoms with E-state index in [0.29, 0.717) is 12.0 Å². The van der Waals surface area contributed by atoms with Gasteiger partial charge in [-0.15, -0.1) is 0 Å². The van der Waals surface area contributed by atoms with Crippen LogP contribution in [0.15, 0.2) is 29.2 Å². The van der Waals surface area contributed by atoms with Crippen LogP contribution in [0.25, 0.3) is 0 Å². The molecular formula is C36H64Na2O5S. The summed E-state index contributed by atoms with van der Waals surface area (Å²) in [5.74, 6) is -0.903. The number of carbonyl (C=O) groups is 1. The molecule has 0 bridgehead atoms. The molecule has 0 atom stereocenters. The van der Waals surface area contributed by atoms with Gasteiger partial charge in [0, 0.05) is 5.97 Å². The van der Waals surface area contributed by atoms with Gasteiger partial charge in [0.2, 0.25) is 0 Å². The van der Waals surface area contributed by atoms with Crippen LogP contribution in [0.2, 0.25) is 0 Å². The van der Waals surface area contributed by atoms with Gasteiger partial charge in [-0.3, -0.25) is 0 Å². The summed E-state index contributed by atoms with van der Waals surface area (Å²) in [4.78, 5) is 10.2. The van der Waals surface area contributed by atoms with Gasteiger partial charge in [0.05, 0.1) is 4.90 Å². The summed E-state index contributed by atoms with van der Waals surface area (Å²) >= 11 is 0. The van der Waals surface area contributed by atoms with Gasteiger partial charge in [-0.2, -0.15) is 0 Å². The molecule has 1 aromatic rings. The molecule has 0 saturated heterocycles. The van der Waals surface area contributed by atoms with Gasteiger partial charge in [-0.1, -0.05) is 180 Å². The third kappa shape index (κ3) is 33.9. The van der Waals surface area contributed by atoms with Crippen molar-refractivity contribution in [1.82, 2.24) is 0 Å². The van der Waals surface area contributed by atoms with Crippen LogP contribution in [0.3, 0.4) is 0 Å². The summed E-state index contributed by atoms with van der Waals surface area (Å²) in [6.07, 6.45) is 33.0. The maximum Gasteiger partial charge on any atom is 1.00 e. The van der Waals surface area contributed by atoms with Crippen LogP contribution in [0.1, 0.15) is 186 Å². The monoisotopic (exact) mass is 654 g/mol. The molecule has 0 fully saturated rings. The average Bonchev–Trinajstić information content (AvgIpc) is 2.96. The summed E-state index contributed by atoms with van der Waals surface area (Å²) in [7, 11) is -4.35. The van der Waals surface area contributed by atoms with E-state index >= 15 is 0 Å². The standard InChI is InChI=1S/C18H30O3S.C18H36O2.2Na/c1-2-3-4-5-6-7-8-9-10-11-14-17-15-12-13-16-18(17)22(19,20)21;1-2-3-4-5-6-7-8-9-10-11-12-13-14-15-16-17-18(19)20;;/h12-13,15-16H,2-11,14H2,1H3,(H,19,20,21);2-17H2,1H3,(H,19,20);;/q;;2*+1/p-2. The zero-order valence-corrected chi connectivity index (χ0v) is 34.2. The molecule has 0 heterocycles. The van der Waals surface area contributed by atoms with E-state index in [9.17, 15) is 22.9 Å². The van der Waals surface area contributed by atoms with E-state index in [2.05, 4.69) is 13.8 Å². The van der Waals surface area contributed by atoms with E-state index in [1.54, 1.807) is 18.2 Å². The number of rotatable bonds is 28. The zero-order valence-electron chi connectivity index (χ0n) is 29.4. The number of hydrogen-bond acceptors (Lipinski definition) is 5. The number of unbranched alkanes of at least 4 members (excludes halogenated alkanes) is 23. The fraction of sp³-hybridized carbons (Fsp3) is 0.806. The van der Waals surface area contributed by atoms with Gasteiger partial charge in [-0.25, -0.2) is 8.42 Å². The number of carbonyl (C=O) groups excluding carboxylic acids is 1. The van der Waals surface area contributed by atoms with Crippen molar-refractivity contribution in [2.45, 2.75) is 192 Å². The Kier molecular flexibility index (Phi) is 40.6. The Hall–Kier alpha value is 0.600. The Morgan fingerprint density at radius 1 is 0.545 bits per heavy atom. The van der Waals surface area contributed by atoms with Crippen molar-refractivity contribution in [1.29, 1.82) is 0 Å². The van der Waals surface area contributed by atoms with Crippen molar-refractivity contribution in [3.05, 3.63) is 29.8 Å². The molecule has 0 radical (unpaired) electrons. The van der Waals surface area contributed by atoms with Crippen LogP contribution >= 0.6 is 0 Å². The fourth-order valence-electron chi connectivity index (χ4n) is 5.40. The smallest absolute Gasteiger partial charge is 0.744 e. The number of benzene rings is 1. The molecule has 0 aromatic heterocycles. The van der Waals surface area contributed by atoms with Crippen molar-refractivity contribution in [2.75, 3.05) is 0 Å². The van der Waals surface area contributed by atoms with Crippen molar-refractivity contribution >= 4 is 16.1 Å². The van der Waals surface area contributed by atoms with Crippen LogP contribution < -0.4 is 64.2 Å². The van der Waals surface area contributed by atoms with Gasteiger partial charge in [0.15, 0.2) is 0 Å². The Labute approximate surface area is 317 Å². The van der Waals surface area contributed by atoms with Gasteiger partial charge < -0.3 is 14.5 Å². The molecule has 0 aliphatic rings. The molecule has 1 aromatic carbocycles. The SMILES string of the molecule is CCCCCCCCCCCCCCCCCC(=O)[O-].CCCCCCCCCCCCc1ccccc1S(=O)(=O)[O-].[Na+].[Na+]. The van der Waals surface area contributed by atoms with E-state index in [1.807, 2.05) is 0 Å². The molecule has 0 unspecified atom stereocenters. The van der Waals surface area contributed by atoms with E-state index < -0.39 is 16.1 Å². The Bertz CT molecular complexity index is 849. The van der Waals surface area contributed by atoms with E-state index in [0.717, 1.165) is 25.7 Å². The third-order valence-electron chi connectivity index (χ3n) is 8.03. The van der Waals surface area contributed by atoms with E-state index in [-0.39, 0.29) is 70.4 Å². The minimum absolute atomic E-state index is 0. The van der Waals surface area contributed by atoms with Crippen molar-refractivity contribution in [2.24, 2.45) is 0 Å². The molecule has 44 heavy (non-hydrogen) atoms. The third-order valence-corrected chi connectivity index (χ3v) is 8.96. The van der Waals surface area contributed by atoms with Crippen LogP contribution in [0.4, 0.5) is 0 Å². The number of aliphatic carboxylic acids is 1. The Morgan fingerprint density at radius 3 is 1.20 bits per heavy atom. The Morgan fingerprint density at radius 2 is 0.864 bits per heavy atom. The largest absolute Gasteiger partial charge is 1.00 e. The zero-order chi connectivity index (χ0) is 31.2. The van der Waals surface area contributed by atoms with Crippen LogP contribution in [-0.4, -0.2) is 18.9 Å². The normalized spacial score (nSPS) is 10.8. The quantitative estimate of drug-likeness (QED) is 0.0772. The predicted molar refractivity (Wildman–Crippen MR) is 175 cm³/mol. The first-order valence-electron chi connectivity index (χ1n) is 17.6. The molecule has 8 heteroatoms. The second-order valence-electron chi connectivity index (χ2n) is 12.1. The van der Waals surface area contributed by atoms with Gasteiger partial charge in [0.1, 0.15) is 10.1 Å². The molecular weight excluding hydrogens is 590 g/mol. The first-order chi connectivity index (χ1) is 20.3.